The molecule has 3 aromatic rings. The van der Waals surface area contributed by atoms with Gasteiger partial charge in [-0.1, -0.05) is 30.3 Å². The van der Waals surface area contributed by atoms with Crippen LogP contribution in [0.3, 0.4) is 0 Å². The maximum atomic E-state index is 12.3. The first-order valence-electron chi connectivity index (χ1n) is 9.43. The van der Waals surface area contributed by atoms with Crippen LogP contribution in [-0.4, -0.2) is 31.6 Å². The van der Waals surface area contributed by atoms with Crippen molar-refractivity contribution in [1.29, 1.82) is 0 Å². The van der Waals surface area contributed by atoms with E-state index in [4.69, 9.17) is 4.42 Å². The van der Waals surface area contributed by atoms with Crippen LogP contribution in [0.15, 0.2) is 59.0 Å². The van der Waals surface area contributed by atoms with Crippen molar-refractivity contribution in [3.05, 3.63) is 65.9 Å². The molecule has 0 aliphatic carbocycles. The van der Waals surface area contributed by atoms with Gasteiger partial charge in [-0.2, -0.15) is 0 Å². The third-order valence-electron chi connectivity index (χ3n) is 4.45. The minimum absolute atomic E-state index is 0.118. The molecule has 3 amide bonds. The summed E-state index contributed by atoms with van der Waals surface area (Å²) in [5.41, 5.74) is 2.11. The first kappa shape index (κ1) is 20.9. The second-order valence-corrected chi connectivity index (χ2v) is 6.73. The number of amides is 3. The van der Waals surface area contributed by atoms with Gasteiger partial charge in [-0.3, -0.25) is 9.59 Å². The third-order valence-corrected chi connectivity index (χ3v) is 4.45. The van der Waals surface area contributed by atoms with Gasteiger partial charge in [-0.05, 0) is 36.8 Å². The summed E-state index contributed by atoms with van der Waals surface area (Å²) in [4.78, 5) is 35.1. The molecule has 0 aliphatic rings. The molecule has 156 valence electrons. The topological polar surface area (TPSA) is 110 Å². The van der Waals surface area contributed by atoms with Crippen molar-refractivity contribution in [1.82, 2.24) is 10.6 Å². The van der Waals surface area contributed by atoms with Crippen LogP contribution in [0.1, 0.15) is 24.3 Å². The average molecular weight is 409 g/mol. The number of esters is 1. The Morgan fingerprint density at radius 2 is 1.80 bits per heavy atom. The van der Waals surface area contributed by atoms with E-state index in [1.807, 2.05) is 37.3 Å². The molecule has 1 atom stereocenters. The van der Waals surface area contributed by atoms with Gasteiger partial charge < -0.3 is 25.1 Å². The summed E-state index contributed by atoms with van der Waals surface area (Å²) in [6.07, 6.45) is 0.118. The molecule has 30 heavy (non-hydrogen) atoms. The van der Waals surface area contributed by atoms with E-state index in [1.54, 1.807) is 24.3 Å². The highest BCUT2D eigenvalue weighted by atomic mass is 16.5. The van der Waals surface area contributed by atoms with Gasteiger partial charge >= 0.3 is 12.0 Å². The van der Waals surface area contributed by atoms with Gasteiger partial charge in [0.05, 0.1) is 19.6 Å². The number of hydrogen-bond acceptors (Lipinski definition) is 5. The molecule has 8 nitrogen and oxygen atoms in total. The fraction of sp³-hybridized carbons (Fsp3) is 0.227. The van der Waals surface area contributed by atoms with Crippen LogP contribution in [0, 0.1) is 0 Å². The van der Waals surface area contributed by atoms with Crippen LogP contribution in [0.25, 0.3) is 11.0 Å². The Hall–Kier alpha value is -3.81. The largest absolute Gasteiger partial charge is 0.468 e. The minimum atomic E-state index is -0.509. The first-order valence-corrected chi connectivity index (χ1v) is 9.43. The van der Waals surface area contributed by atoms with E-state index >= 15 is 0 Å². The van der Waals surface area contributed by atoms with E-state index in [9.17, 15) is 14.4 Å². The van der Waals surface area contributed by atoms with Gasteiger partial charge in [-0.15, -0.1) is 0 Å². The van der Waals surface area contributed by atoms with Crippen LogP contribution >= 0.6 is 0 Å². The molecule has 0 saturated heterocycles. The van der Waals surface area contributed by atoms with Crippen LogP contribution < -0.4 is 16.0 Å². The number of ether oxygens (including phenoxy) is 1. The summed E-state index contributed by atoms with van der Waals surface area (Å²) in [6, 6.07) is 15.7. The monoisotopic (exact) mass is 409 g/mol. The highest BCUT2D eigenvalue weighted by Gasteiger charge is 2.14. The summed E-state index contributed by atoms with van der Waals surface area (Å²) in [5.74, 6) is -0.135. The Morgan fingerprint density at radius 1 is 1.07 bits per heavy atom. The fourth-order valence-electron chi connectivity index (χ4n) is 2.85. The van der Waals surface area contributed by atoms with E-state index < -0.39 is 5.97 Å². The quantitative estimate of drug-likeness (QED) is 0.520. The number of carbonyl (C=O) groups excluding carboxylic acids is 3. The predicted molar refractivity (Wildman–Crippen MR) is 112 cm³/mol. The standard InChI is InChI=1S/C22H23N3O5/c1-14(19-12-16-5-3-4-6-18(16)30-19)24-22(28)25-17-9-7-15(8-10-17)11-20(26)23-13-21(27)29-2/h3-10,12,14H,11,13H2,1-2H3,(H,23,26)(H2,24,25,28)/t14-/m0/s1. The molecule has 0 radical (unpaired) electrons. The Labute approximate surface area is 173 Å². The predicted octanol–water partition coefficient (Wildman–Crippen LogP) is 3.15. The Bertz CT molecular complexity index is 1010. The van der Waals surface area contributed by atoms with Crippen molar-refractivity contribution >= 4 is 34.6 Å². The number of carbonyl (C=O) groups is 3. The molecule has 0 fully saturated rings. The number of rotatable bonds is 7. The van der Waals surface area contributed by atoms with Gasteiger partial charge in [0.1, 0.15) is 17.9 Å². The lowest BCUT2D eigenvalue weighted by Crippen LogP contribution is -2.31. The number of fused-ring (bicyclic) bond motifs is 1. The highest BCUT2D eigenvalue weighted by Crippen LogP contribution is 2.23. The SMILES string of the molecule is COC(=O)CNC(=O)Cc1ccc(NC(=O)N[C@@H](C)c2cc3ccccc3o2)cc1. The van der Waals surface area contributed by atoms with Crippen molar-refractivity contribution in [2.45, 2.75) is 19.4 Å². The summed E-state index contributed by atoms with van der Waals surface area (Å²) < 4.78 is 10.2. The summed E-state index contributed by atoms with van der Waals surface area (Å²) in [5, 5.41) is 9.04. The van der Waals surface area contributed by atoms with E-state index in [0.29, 0.717) is 11.4 Å². The van der Waals surface area contributed by atoms with Gasteiger partial charge in [0.15, 0.2) is 0 Å². The van der Waals surface area contributed by atoms with Crippen molar-refractivity contribution in [2.24, 2.45) is 0 Å². The number of methoxy groups -OCH3 is 1. The van der Waals surface area contributed by atoms with Crippen LogP contribution in [-0.2, 0) is 20.7 Å². The third kappa shape index (κ3) is 5.60. The lowest BCUT2D eigenvalue weighted by atomic mass is 10.1. The number of furan rings is 1. The average Bonchev–Trinajstić information content (AvgIpc) is 3.18. The van der Waals surface area contributed by atoms with Gasteiger partial charge in [0.25, 0.3) is 0 Å². The van der Waals surface area contributed by atoms with E-state index in [2.05, 4.69) is 20.7 Å². The first-order chi connectivity index (χ1) is 14.4. The number of nitrogens with one attached hydrogen (secondary N) is 3. The lowest BCUT2D eigenvalue weighted by Gasteiger charge is -2.13. The maximum Gasteiger partial charge on any atom is 0.325 e. The van der Waals surface area contributed by atoms with Crippen molar-refractivity contribution in [3.8, 4) is 0 Å². The molecule has 0 spiro atoms. The molecular weight excluding hydrogens is 386 g/mol. The zero-order valence-electron chi connectivity index (χ0n) is 16.7. The van der Waals surface area contributed by atoms with Crippen LogP contribution in [0.5, 0.6) is 0 Å². The molecule has 0 saturated carbocycles. The number of benzene rings is 2. The summed E-state index contributed by atoms with van der Waals surface area (Å²) in [6.45, 7) is 1.67. The van der Waals surface area contributed by atoms with E-state index in [-0.39, 0.29) is 30.9 Å². The number of para-hydroxylation sites is 1. The van der Waals surface area contributed by atoms with Crippen molar-refractivity contribution in [2.75, 3.05) is 19.0 Å². The van der Waals surface area contributed by atoms with E-state index in [0.717, 1.165) is 16.5 Å². The summed E-state index contributed by atoms with van der Waals surface area (Å²) in [7, 11) is 1.26. The van der Waals surface area contributed by atoms with Gasteiger partial charge in [0.2, 0.25) is 5.91 Å². The maximum absolute atomic E-state index is 12.3. The second kappa shape index (κ2) is 9.60. The Kier molecular flexibility index (Phi) is 6.69. The molecule has 0 aliphatic heterocycles. The van der Waals surface area contributed by atoms with Gasteiger partial charge in [-0.25, -0.2) is 4.79 Å². The second-order valence-electron chi connectivity index (χ2n) is 6.73. The molecule has 1 aromatic heterocycles. The molecule has 1 heterocycles. The van der Waals surface area contributed by atoms with Gasteiger partial charge in [0, 0.05) is 11.1 Å². The van der Waals surface area contributed by atoms with Crippen LogP contribution in [0.2, 0.25) is 0 Å². The minimum Gasteiger partial charge on any atom is -0.468 e. The summed E-state index contributed by atoms with van der Waals surface area (Å²) >= 11 is 0. The Morgan fingerprint density at radius 3 is 2.50 bits per heavy atom. The zero-order valence-corrected chi connectivity index (χ0v) is 16.7. The van der Waals surface area contributed by atoms with E-state index in [1.165, 1.54) is 7.11 Å². The number of urea groups is 1. The molecule has 8 heteroatoms. The molecule has 2 aromatic carbocycles. The number of hydrogen-bond donors (Lipinski definition) is 3. The van der Waals surface area contributed by atoms with Crippen LogP contribution in [0.4, 0.5) is 10.5 Å². The molecule has 0 bridgehead atoms. The number of anilines is 1. The molecule has 3 rings (SSSR count). The normalized spacial score (nSPS) is 11.5. The highest BCUT2D eigenvalue weighted by molar-refractivity contribution is 5.90. The molecule has 3 N–H and O–H groups in total. The Balaban J connectivity index is 1.50. The fourth-order valence-corrected chi connectivity index (χ4v) is 2.85. The lowest BCUT2D eigenvalue weighted by molar-refractivity contribution is -0.141. The van der Waals surface area contributed by atoms with Crippen molar-refractivity contribution < 1.29 is 23.5 Å². The molecule has 0 unspecified atom stereocenters. The molecular formula is C22H23N3O5. The smallest absolute Gasteiger partial charge is 0.325 e. The zero-order chi connectivity index (χ0) is 21.5. The van der Waals surface area contributed by atoms with Crippen molar-refractivity contribution in [3.63, 3.8) is 0 Å².